The summed E-state index contributed by atoms with van der Waals surface area (Å²) in [5.74, 6) is -1.68. The van der Waals surface area contributed by atoms with Crippen LogP contribution in [-0.2, 0) is 0 Å². The monoisotopic (exact) mass is 343 g/mol. The van der Waals surface area contributed by atoms with Crippen molar-refractivity contribution in [3.8, 4) is 6.07 Å². The van der Waals surface area contributed by atoms with Crippen molar-refractivity contribution < 1.29 is 14.7 Å². The lowest BCUT2D eigenvalue weighted by Gasteiger charge is -2.06. The topological polar surface area (TPSA) is 103 Å². The number of para-hydroxylation sites is 1. The smallest absolute Gasteiger partial charge is 0.337 e. The van der Waals surface area contributed by atoms with Gasteiger partial charge < -0.3 is 5.11 Å². The molecule has 0 aliphatic carbocycles. The number of Topliss-reactive ketones (excluding diaryl/α,β-unsaturated/α-hetero) is 1. The normalized spacial score (nSPS) is 11.0. The van der Waals surface area contributed by atoms with E-state index in [2.05, 4.69) is 10.5 Å². The third-order valence-corrected chi connectivity index (χ3v) is 3.78. The highest BCUT2D eigenvalue weighted by Crippen LogP contribution is 2.17. The number of carbonyl (C=O) groups is 2. The van der Waals surface area contributed by atoms with E-state index in [1.807, 2.05) is 24.3 Å². The first kappa shape index (κ1) is 16.9. The number of hydrogen-bond acceptors (Lipinski definition) is 5. The number of carbonyl (C=O) groups excluding carboxylic acids is 1. The standard InChI is InChI=1S/C20H13N3O3/c21-12-18(23-22-17-8-4-3-7-16(17)20(25)26)19(24)15-10-9-13-5-1-2-6-14(13)11-15/h1-11,22H,(H,25,26)/b23-18+. The molecule has 26 heavy (non-hydrogen) atoms. The van der Waals surface area contributed by atoms with E-state index >= 15 is 0 Å². The number of nitrogens with one attached hydrogen (secondary N) is 1. The minimum atomic E-state index is -1.14. The van der Waals surface area contributed by atoms with Crippen molar-refractivity contribution in [1.82, 2.24) is 0 Å². The number of nitriles is 1. The van der Waals surface area contributed by atoms with Crippen molar-refractivity contribution in [2.75, 3.05) is 5.43 Å². The first-order valence-electron chi connectivity index (χ1n) is 7.70. The highest BCUT2D eigenvalue weighted by atomic mass is 16.4. The van der Waals surface area contributed by atoms with Gasteiger partial charge in [-0.15, -0.1) is 0 Å². The second kappa shape index (κ2) is 7.28. The number of aromatic carboxylic acids is 1. The zero-order valence-electron chi connectivity index (χ0n) is 13.5. The fourth-order valence-corrected chi connectivity index (χ4v) is 2.48. The number of carboxylic acid groups (broad SMARTS) is 1. The Kier molecular flexibility index (Phi) is 4.72. The molecule has 3 aromatic rings. The molecule has 0 fully saturated rings. The van der Waals surface area contributed by atoms with E-state index in [9.17, 15) is 14.9 Å². The lowest BCUT2D eigenvalue weighted by molar-refractivity contribution is 0.0697. The van der Waals surface area contributed by atoms with Crippen molar-refractivity contribution in [3.63, 3.8) is 0 Å². The van der Waals surface area contributed by atoms with Crippen LogP contribution in [0.4, 0.5) is 5.69 Å². The highest BCUT2D eigenvalue weighted by Gasteiger charge is 2.15. The van der Waals surface area contributed by atoms with Gasteiger partial charge in [0.1, 0.15) is 6.07 Å². The summed E-state index contributed by atoms with van der Waals surface area (Å²) in [4.78, 5) is 23.7. The van der Waals surface area contributed by atoms with Crippen LogP contribution in [0.25, 0.3) is 10.8 Å². The zero-order chi connectivity index (χ0) is 18.5. The van der Waals surface area contributed by atoms with Crippen molar-refractivity contribution in [2.45, 2.75) is 0 Å². The van der Waals surface area contributed by atoms with E-state index in [0.29, 0.717) is 5.56 Å². The van der Waals surface area contributed by atoms with E-state index in [0.717, 1.165) is 10.8 Å². The summed E-state index contributed by atoms with van der Waals surface area (Å²) >= 11 is 0. The van der Waals surface area contributed by atoms with Crippen molar-refractivity contribution in [1.29, 1.82) is 5.26 Å². The minimum absolute atomic E-state index is 0.00769. The van der Waals surface area contributed by atoms with E-state index < -0.39 is 11.8 Å². The van der Waals surface area contributed by atoms with Crippen LogP contribution in [0.15, 0.2) is 71.8 Å². The Bertz CT molecular complexity index is 1080. The predicted molar refractivity (Wildman–Crippen MR) is 98.4 cm³/mol. The molecule has 3 rings (SSSR count). The van der Waals surface area contributed by atoms with E-state index in [4.69, 9.17) is 5.11 Å². The zero-order valence-corrected chi connectivity index (χ0v) is 13.5. The summed E-state index contributed by atoms with van der Waals surface area (Å²) in [6.45, 7) is 0. The van der Waals surface area contributed by atoms with Gasteiger partial charge in [0.15, 0.2) is 0 Å². The summed E-state index contributed by atoms with van der Waals surface area (Å²) < 4.78 is 0. The van der Waals surface area contributed by atoms with Crippen LogP contribution >= 0.6 is 0 Å². The second-order valence-electron chi connectivity index (χ2n) is 5.43. The molecule has 0 saturated carbocycles. The minimum Gasteiger partial charge on any atom is -0.478 e. The molecule has 0 saturated heterocycles. The lowest BCUT2D eigenvalue weighted by Crippen LogP contribution is -2.14. The van der Waals surface area contributed by atoms with E-state index in [-0.39, 0.29) is 17.0 Å². The molecule has 0 unspecified atom stereocenters. The maximum Gasteiger partial charge on any atom is 0.337 e. The quantitative estimate of drug-likeness (QED) is 0.417. The summed E-state index contributed by atoms with van der Waals surface area (Å²) in [5.41, 5.74) is 2.65. The number of hydrogen-bond donors (Lipinski definition) is 2. The molecule has 126 valence electrons. The molecule has 3 aromatic carbocycles. The highest BCUT2D eigenvalue weighted by molar-refractivity contribution is 6.51. The fraction of sp³-hybridized carbons (Fsp3) is 0. The molecule has 0 radical (unpaired) electrons. The Morgan fingerprint density at radius 1 is 0.962 bits per heavy atom. The molecule has 0 bridgehead atoms. The number of ketones is 1. The van der Waals surface area contributed by atoms with Crippen molar-refractivity contribution in [2.24, 2.45) is 5.10 Å². The summed E-state index contributed by atoms with van der Waals surface area (Å²) in [6.07, 6.45) is 0. The Labute approximate surface area is 149 Å². The average Bonchev–Trinajstić information content (AvgIpc) is 2.68. The van der Waals surface area contributed by atoms with Gasteiger partial charge in [-0.3, -0.25) is 10.2 Å². The third kappa shape index (κ3) is 3.42. The first-order valence-corrected chi connectivity index (χ1v) is 7.70. The van der Waals surface area contributed by atoms with Crippen LogP contribution in [0.5, 0.6) is 0 Å². The van der Waals surface area contributed by atoms with Gasteiger partial charge in [0.25, 0.3) is 0 Å². The molecule has 6 nitrogen and oxygen atoms in total. The van der Waals surface area contributed by atoms with Crippen molar-refractivity contribution >= 4 is 33.9 Å². The molecule has 0 aliphatic rings. The molecule has 0 heterocycles. The third-order valence-electron chi connectivity index (χ3n) is 3.78. The molecule has 0 aromatic heterocycles. The summed E-state index contributed by atoms with van der Waals surface area (Å²) in [5, 5.41) is 24.1. The number of carboxylic acids is 1. The van der Waals surface area contributed by atoms with Crippen LogP contribution in [0.1, 0.15) is 20.7 Å². The summed E-state index contributed by atoms with van der Waals surface area (Å²) in [7, 11) is 0. The van der Waals surface area contributed by atoms with Gasteiger partial charge in [0.2, 0.25) is 11.5 Å². The SMILES string of the molecule is N#C/C(=N\Nc1ccccc1C(=O)O)C(=O)c1ccc2ccccc2c1. The number of anilines is 1. The van der Waals surface area contributed by atoms with E-state index in [1.165, 1.54) is 12.1 Å². The first-order chi connectivity index (χ1) is 12.6. The van der Waals surface area contributed by atoms with Gasteiger partial charge in [-0.05, 0) is 29.0 Å². The fourth-order valence-electron chi connectivity index (χ4n) is 2.48. The lowest BCUT2D eigenvalue weighted by atomic mass is 10.0. The Balaban J connectivity index is 1.90. The molecule has 0 spiro atoms. The Hall–Kier alpha value is -3.98. The average molecular weight is 343 g/mol. The van der Waals surface area contributed by atoms with Crippen LogP contribution < -0.4 is 5.43 Å². The molecule has 0 amide bonds. The second-order valence-corrected chi connectivity index (χ2v) is 5.43. The van der Waals surface area contributed by atoms with Gasteiger partial charge in [-0.2, -0.15) is 10.4 Å². The number of nitrogens with zero attached hydrogens (tertiary/aromatic N) is 2. The predicted octanol–water partition coefficient (Wildman–Crippen LogP) is 3.71. The summed E-state index contributed by atoms with van der Waals surface area (Å²) in [6, 6.07) is 20.5. The van der Waals surface area contributed by atoms with E-state index in [1.54, 1.807) is 36.4 Å². The molecule has 0 atom stereocenters. The molecule has 0 aliphatic heterocycles. The Morgan fingerprint density at radius 2 is 1.65 bits per heavy atom. The van der Waals surface area contributed by atoms with Gasteiger partial charge in [0.05, 0.1) is 11.3 Å². The number of fused-ring (bicyclic) bond motifs is 1. The molecule has 6 heteroatoms. The molecular weight excluding hydrogens is 330 g/mol. The van der Waals surface area contributed by atoms with Crippen LogP contribution in [0.2, 0.25) is 0 Å². The van der Waals surface area contributed by atoms with Gasteiger partial charge in [-0.25, -0.2) is 4.79 Å². The number of hydrazone groups is 1. The van der Waals surface area contributed by atoms with Crippen molar-refractivity contribution in [3.05, 3.63) is 77.9 Å². The number of benzene rings is 3. The largest absolute Gasteiger partial charge is 0.478 e. The number of rotatable bonds is 5. The van der Waals surface area contributed by atoms with Gasteiger partial charge >= 0.3 is 5.97 Å². The maximum absolute atomic E-state index is 12.6. The molecule has 2 N–H and O–H groups in total. The Morgan fingerprint density at radius 3 is 2.38 bits per heavy atom. The van der Waals surface area contributed by atoms with Crippen LogP contribution in [0, 0.1) is 11.3 Å². The molecular formula is C20H13N3O3. The van der Waals surface area contributed by atoms with Gasteiger partial charge in [0, 0.05) is 5.56 Å². The van der Waals surface area contributed by atoms with Gasteiger partial charge in [-0.1, -0.05) is 48.5 Å². The maximum atomic E-state index is 12.6. The van der Waals surface area contributed by atoms with Crippen LogP contribution in [-0.4, -0.2) is 22.6 Å². The van der Waals surface area contributed by atoms with Crippen LogP contribution in [0.3, 0.4) is 0 Å².